The molecule has 3 heteroatoms. The van der Waals surface area contributed by atoms with E-state index < -0.39 is 5.97 Å². The Morgan fingerprint density at radius 3 is 2.62 bits per heavy atom. The van der Waals surface area contributed by atoms with Crippen LogP contribution in [0.3, 0.4) is 0 Å². The molecule has 0 aromatic heterocycles. The third kappa shape index (κ3) is 2.10. The lowest BCUT2D eigenvalue weighted by molar-refractivity contribution is -0.295. The van der Waals surface area contributed by atoms with E-state index in [1.165, 1.54) is 0 Å². The molecule has 68 valence electrons. The molecule has 1 rings (SSSR count). The van der Waals surface area contributed by atoms with Crippen molar-refractivity contribution in [2.45, 2.75) is 5.88 Å². The second-order valence-corrected chi connectivity index (χ2v) is 2.82. The van der Waals surface area contributed by atoms with Gasteiger partial charge in [-0.15, -0.1) is 11.6 Å². The molecule has 0 saturated heterocycles. The molecule has 0 fully saturated rings. The van der Waals surface area contributed by atoms with Gasteiger partial charge in [-0.3, -0.25) is 0 Å². The highest BCUT2D eigenvalue weighted by Gasteiger charge is 2.04. The van der Waals surface area contributed by atoms with Crippen LogP contribution in [0.4, 0.5) is 0 Å². The van der Waals surface area contributed by atoms with Gasteiger partial charge in [-0.1, -0.05) is 30.8 Å². The number of carboxylic acid groups (broad SMARTS) is 1. The first kappa shape index (κ1) is 9.81. The number of hydrogen-bond donors (Lipinski definition) is 0. The number of benzene rings is 1. The number of halogens is 1. The fourth-order valence-corrected chi connectivity index (χ4v) is 1.27. The molecule has 1 aromatic carbocycles. The van der Waals surface area contributed by atoms with Crippen LogP contribution in [0.1, 0.15) is 11.1 Å². The van der Waals surface area contributed by atoms with Crippen LogP contribution in [0, 0.1) is 0 Å². The fraction of sp³-hybridized carbons (Fsp3) is 0.100. The Kier molecular flexibility index (Phi) is 3.09. The molecule has 0 bridgehead atoms. The number of aliphatic carboxylic acids is 1. The Balaban J connectivity index is 3.13. The highest BCUT2D eigenvalue weighted by molar-refractivity contribution is 6.18. The minimum absolute atomic E-state index is 0.0312. The number of carbonyl (C=O) groups excluding carboxylic acids is 1. The van der Waals surface area contributed by atoms with Gasteiger partial charge in [0.05, 0.1) is 5.97 Å². The molecule has 0 aliphatic rings. The van der Waals surface area contributed by atoms with E-state index in [0.29, 0.717) is 5.56 Å². The second-order valence-electron chi connectivity index (χ2n) is 2.56. The van der Waals surface area contributed by atoms with Crippen molar-refractivity contribution < 1.29 is 9.90 Å². The number of carboxylic acids is 1. The second kappa shape index (κ2) is 4.10. The van der Waals surface area contributed by atoms with E-state index >= 15 is 0 Å². The van der Waals surface area contributed by atoms with Crippen molar-refractivity contribution in [1.82, 2.24) is 0 Å². The maximum absolute atomic E-state index is 10.5. The SMILES string of the molecule is C=C(C(=O)[O-])c1ccccc1CCl. The average molecular weight is 196 g/mol. The van der Waals surface area contributed by atoms with E-state index in [0.717, 1.165) is 5.56 Å². The standard InChI is InChI=1S/C10H9ClO2/c1-7(10(12)13)9-5-3-2-4-8(9)6-11/h2-5H,1,6H2,(H,12,13)/p-1. The van der Waals surface area contributed by atoms with Crippen molar-refractivity contribution in [2.75, 3.05) is 0 Å². The summed E-state index contributed by atoms with van der Waals surface area (Å²) < 4.78 is 0. The highest BCUT2D eigenvalue weighted by atomic mass is 35.5. The third-order valence-electron chi connectivity index (χ3n) is 1.73. The van der Waals surface area contributed by atoms with Gasteiger partial charge in [0.15, 0.2) is 0 Å². The molecule has 0 N–H and O–H groups in total. The van der Waals surface area contributed by atoms with E-state index in [4.69, 9.17) is 11.6 Å². The van der Waals surface area contributed by atoms with E-state index in [-0.39, 0.29) is 11.5 Å². The van der Waals surface area contributed by atoms with Gasteiger partial charge in [0.2, 0.25) is 0 Å². The predicted octanol–water partition coefficient (Wildman–Crippen LogP) is 1.19. The summed E-state index contributed by atoms with van der Waals surface area (Å²) in [6, 6.07) is 6.95. The van der Waals surface area contributed by atoms with Crippen LogP contribution >= 0.6 is 11.6 Å². The number of carbonyl (C=O) groups is 1. The van der Waals surface area contributed by atoms with Crippen LogP contribution in [0.2, 0.25) is 0 Å². The van der Waals surface area contributed by atoms with Gasteiger partial charge in [-0.05, 0) is 16.7 Å². The zero-order valence-electron chi connectivity index (χ0n) is 6.92. The summed E-state index contributed by atoms with van der Waals surface area (Å²) in [5.41, 5.74) is 1.26. The molecule has 0 unspecified atom stereocenters. The molecule has 0 aliphatic carbocycles. The van der Waals surface area contributed by atoms with Gasteiger partial charge in [-0.2, -0.15) is 0 Å². The molecule has 0 atom stereocenters. The maximum Gasteiger partial charge on any atom is 0.0715 e. The van der Waals surface area contributed by atoms with Gasteiger partial charge < -0.3 is 9.90 Å². The molecule has 0 heterocycles. The molecule has 0 radical (unpaired) electrons. The molecule has 0 amide bonds. The lowest BCUT2D eigenvalue weighted by atomic mass is 10.0. The summed E-state index contributed by atoms with van der Waals surface area (Å²) in [4.78, 5) is 10.5. The normalized spacial score (nSPS) is 9.62. The lowest BCUT2D eigenvalue weighted by Crippen LogP contribution is -2.23. The molecule has 13 heavy (non-hydrogen) atoms. The third-order valence-corrected chi connectivity index (χ3v) is 2.02. The predicted molar refractivity (Wildman–Crippen MR) is 50.0 cm³/mol. The van der Waals surface area contributed by atoms with Crippen LogP contribution in [0.25, 0.3) is 5.57 Å². The number of hydrogen-bond acceptors (Lipinski definition) is 2. The summed E-state index contributed by atoms with van der Waals surface area (Å²) >= 11 is 5.63. The molecular weight excluding hydrogens is 188 g/mol. The van der Waals surface area contributed by atoms with Crippen LogP contribution in [-0.2, 0) is 10.7 Å². The van der Waals surface area contributed by atoms with E-state index in [1.54, 1.807) is 24.3 Å². The first-order valence-electron chi connectivity index (χ1n) is 3.71. The molecule has 0 saturated carbocycles. The highest BCUT2D eigenvalue weighted by Crippen LogP contribution is 2.18. The maximum atomic E-state index is 10.5. The first-order valence-corrected chi connectivity index (χ1v) is 4.24. The van der Waals surface area contributed by atoms with Gasteiger partial charge in [0.1, 0.15) is 0 Å². The van der Waals surface area contributed by atoms with Crippen molar-refractivity contribution in [3.63, 3.8) is 0 Å². The van der Waals surface area contributed by atoms with Crippen LogP contribution < -0.4 is 5.11 Å². The minimum Gasteiger partial charge on any atom is -0.545 e. The van der Waals surface area contributed by atoms with Crippen molar-refractivity contribution in [3.8, 4) is 0 Å². The van der Waals surface area contributed by atoms with Crippen LogP contribution in [0.5, 0.6) is 0 Å². The van der Waals surface area contributed by atoms with Crippen LogP contribution in [-0.4, -0.2) is 5.97 Å². The molecular formula is C10H8ClO2-. The van der Waals surface area contributed by atoms with Gasteiger partial charge in [-0.25, -0.2) is 0 Å². The Bertz CT molecular complexity index is 345. The van der Waals surface area contributed by atoms with Gasteiger partial charge in [0.25, 0.3) is 0 Å². The Hall–Kier alpha value is -1.28. The Morgan fingerprint density at radius 1 is 1.46 bits per heavy atom. The minimum atomic E-state index is -1.27. The topological polar surface area (TPSA) is 40.1 Å². The molecule has 1 aromatic rings. The summed E-state index contributed by atoms with van der Waals surface area (Å²) in [7, 11) is 0. The first-order chi connectivity index (χ1) is 6.16. The van der Waals surface area contributed by atoms with Gasteiger partial charge in [0, 0.05) is 5.88 Å². The number of alkyl halides is 1. The summed E-state index contributed by atoms with van der Waals surface area (Å²) in [5, 5.41) is 10.5. The monoisotopic (exact) mass is 195 g/mol. The zero-order chi connectivity index (χ0) is 9.84. The van der Waals surface area contributed by atoms with Crippen molar-refractivity contribution >= 4 is 23.1 Å². The fourth-order valence-electron chi connectivity index (χ4n) is 1.04. The van der Waals surface area contributed by atoms with E-state index in [9.17, 15) is 9.90 Å². The summed E-state index contributed by atoms with van der Waals surface area (Å²) in [6.07, 6.45) is 0. The quantitative estimate of drug-likeness (QED) is 0.537. The van der Waals surface area contributed by atoms with E-state index in [2.05, 4.69) is 6.58 Å². The van der Waals surface area contributed by atoms with Crippen LogP contribution in [0.15, 0.2) is 30.8 Å². The lowest BCUT2D eigenvalue weighted by Gasteiger charge is -2.10. The summed E-state index contributed by atoms with van der Waals surface area (Å²) in [5.74, 6) is -1.000. The zero-order valence-corrected chi connectivity index (χ0v) is 7.67. The smallest absolute Gasteiger partial charge is 0.0715 e. The number of rotatable bonds is 3. The molecule has 2 nitrogen and oxygen atoms in total. The Labute approximate surface area is 81.5 Å². The average Bonchev–Trinajstić information content (AvgIpc) is 2.16. The summed E-state index contributed by atoms with van der Waals surface area (Å²) in [6.45, 7) is 3.41. The molecule has 0 spiro atoms. The van der Waals surface area contributed by atoms with Crippen molar-refractivity contribution in [3.05, 3.63) is 42.0 Å². The Morgan fingerprint density at radius 2 is 2.08 bits per heavy atom. The largest absolute Gasteiger partial charge is 0.545 e. The van der Waals surface area contributed by atoms with E-state index in [1.807, 2.05) is 0 Å². The van der Waals surface area contributed by atoms with Crippen molar-refractivity contribution in [2.24, 2.45) is 0 Å². The van der Waals surface area contributed by atoms with Gasteiger partial charge >= 0.3 is 0 Å². The molecule has 0 aliphatic heterocycles. The van der Waals surface area contributed by atoms with Crippen molar-refractivity contribution in [1.29, 1.82) is 0 Å².